The van der Waals surface area contributed by atoms with Crippen molar-refractivity contribution in [2.45, 2.75) is 19.9 Å². The number of rotatable bonds is 8. The fraction of sp³-hybridized carbons (Fsp3) is 0.300. The summed E-state index contributed by atoms with van der Waals surface area (Å²) in [5, 5.41) is 13.9. The van der Waals surface area contributed by atoms with Crippen molar-refractivity contribution in [3.05, 3.63) is 58.1 Å². The zero-order valence-corrected chi connectivity index (χ0v) is 16.5. The zero-order chi connectivity index (χ0) is 21.6. The smallest absolute Gasteiger partial charge is 0.334 e. The molecule has 0 aromatic heterocycles. The summed E-state index contributed by atoms with van der Waals surface area (Å²) in [5.41, 5.74) is -0.0821. The first-order chi connectivity index (χ1) is 13.8. The number of hydrogen-bond donors (Lipinski definition) is 1. The van der Waals surface area contributed by atoms with Gasteiger partial charge in [0, 0.05) is 5.56 Å². The number of nitrogens with zero attached hydrogens (tertiary/aromatic N) is 1. The minimum Gasteiger partial charge on any atom is -0.497 e. The third-order valence-corrected chi connectivity index (χ3v) is 4.13. The highest BCUT2D eigenvalue weighted by Gasteiger charge is 2.29. The molecule has 1 atom stereocenters. The van der Waals surface area contributed by atoms with E-state index in [-0.39, 0.29) is 17.4 Å². The van der Waals surface area contributed by atoms with E-state index in [4.69, 9.17) is 14.2 Å². The Labute approximate surface area is 167 Å². The Bertz CT molecular complexity index is 894. The minimum absolute atomic E-state index is 0.231. The van der Waals surface area contributed by atoms with Crippen LogP contribution in [0.3, 0.4) is 0 Å². The van der Waals surface area contributed by atoms with Crippen molar-refractivity contribution in [1.29, 1.82) is 0 Å². The van der Waals surface area contributed by atoms with Gasteiger partial charge in [-0.3, -0.25) is 14.9 Å². The number of amides is 1. The summed E-state index contributed by atoms with van der Waals surface area (Å²) >= 11 is 0. The first-order valence-corrected chi connectivity index (χ1v) is 8.75. The molecule has 1 amide bonds. The molecule has 9 nitrogen and oxygen atoms in total. The quantitative estimate of drug-likeness (QED) is 0.312. The molecule has 1 unspecified atom stereocenters. The van der Waals surface area contributed by atoms with Crippen LogP contribution in [0.4, 0.5) is 5.69 Å². The Hall–Kier alpha value is -3.62. The molecule has 29 heavy (non-hydrogen) atoms. The topological polar surface area (TPSA) is 117 Å². The molecule has 0 fully saturated rings. The summed E-state index contributed by atoms with van der Waals surface area (Å²) in [7, 11) is 2.88. The van der Waals surface area contributed by atoms with Crippen molar-refractivity contribution >= 4 is 17.6 Å². The predicted octanol–water partition coefficient (Wildman–Crippen LogP) is 2.97. The van der Waals surface area contributed by atoms with Gasteiger partial charge in [-0.1, -0.05) is 13.8 Å². The minimum atomic E-state index is -1.01. The highest BCUT2D eigenvalue weighted by Crippen LogP contribution is 2.31. The first kappa shape index (κ1) is 21.7. The van der Waals surface area contributed by atoms with Crippen LogP contribution in [0, 0.1) is 16.0 Å². The van der Waals surface area contributed by atoms with Gasteiger partial charge in [-0.25, -0.2) is 4.79 Å². The lowest BCUT2D eigenvalue weighted by Crippen LogP contribution is -2.46. The second-order valence-electron chi connectivity index (χ2n) is 6.44. The highest BCUT2D eigenvalue weighted by molar-refractivity contribution is 5.97. The number of carbonyl (C=O) groups is 2. The molecule has 2 aromatic rings. The third kappa shape index (κ3) is 5.44. The second-order valence-corrected chi connectivity index (χ2v) is 6.44. The number of methoxy groups -OCH3 is 2. The molecule has 1 N–H and O–H groups in total. The molecule has 0 aliphatic heterocycles. The van der Waals surface area contributed by atoms with Crippen LogP contribution >= 0.6 is 0 Å². The number of hydrogen-bond acceptors (Lipinski definition) is 7. The molecule has 0 aliphatic rings. The van der Waals surface area contributed by atoms with E-state index >= 15 is 0 Å². The average Bonchev–Trinajstić information content (AvgIpc) is 2.71. The molecule has 154 valence electrons. The maximum Gasteiger partial charge on any atom is 0.334 e. The van der Waals surface area contributed by atoms with E-state index in [9.17, 15) is 19.7 Å². The Morgan fingerprint density at radius 3 is 2.10 bits per heavy atom. The van der Waals surface area contributed by atoms with Gasteiger partial charge < -0.3 is 19.5 Å². The van der Waals surface area contributed by atoms with Crippen molar-refractivity contribution in [2.75, 3.05) is 14.2 Å². The van der Waals surface area contributed by atoms with Gasteiger partial charge >= 0.3 is 11.7 Å². The lowest BCUT2D eigenvalue weighted by Gasteiger charge is -2.21. The van der Waals surface area contributed by atoms with E-state index in [0.29, 0.717) is 11.3 Å². The number of benzene rings is 2. The predicted molar refractivity (Wildman–Crippen MR) is 104 cm³/mol. The monoisotopic (exact) mass is 402 g/mol. The van der Waals surface area contributed by atoms with Gasteiger partial charge in [0.1, 0.15) is 17.5 Å². The number of esters is 1. The van der Waals surface area contributed by atoms with Gasteiger partial charge in [0.15, 0.2) is 0 Å². The van der Waals surface area contributed by atoms with Crippen molar-refractivity contribution in [3.63, 3.8) is 0 Å². The van der Waals surface area contributed by atoms with Crippen LogP contribution in [0.5, 0.6) is 17.2 Å². The maximum absolute atomic E-state index is 12.6. The van der Waals surface area contributed by atoms with E-state index in [1.807, 2.05) is 0 Å². The average molecular weight is 402 g/mol. The van der Waals surface area contributed by atoms with Gasteiger partial charge in [-0.2, -0.15) is 0 Å². The van der Waals surface area contributed by atoms with E-state index in [1.54, 1.807) is 38.1 Å². The molecule has 0 saturated heterocycles. The molecule has 2 rings (SSSR count). The van der Waals surface area contributed by atoms with Crippen LogP contribution in [0.1, 0.15) is 24.2 Å². The third-order valence-electron chi connectivity index (χ3n) is 4.13. The molecule has 0 spiro atoms. The zero-order valence-electron chi connectivity index (χ0n) is 16.5. The van der Waals surface area contributed by atoms with Crippen LogP contribution in [0.25, 0.3) is 0 Å². The first-order valence-electron chi connectivity index (χ1n) is 8.75. The van der Waals surface area contributed by atoms with Crippen molar-refractivity contribution in [1.82, 2.24) is 5.32 Å². The number of carbonyl (C=O) groups excluding carboxylic acids is 2. The van der Waals surface area contributed by atoms with E-state index in [1.165, 1.54) is 26.4 Å². The molecular weight excluding hydrogens is 380 g/mol. The normalized spacial score (nSPS) is 11.5. The lowest BCUT2D eigenvalue weighted by molar-refractivity contribution is -0.385. The Morgan fingerprint density at radius 1 is 1.00 bits per heavy atom. The Kier molecular flexibility index (Phi) is 7.13. The second kappa shape index (κ2) is 9.54. The largest absolute Gasteiger partial charge is 0.497 e. The number of nitrogens with one attached hydrogen (secondary N) is 1. The summed E-state index contributed by atoms with van der Waals surface area (Å²) in [6.45, 7) is 3.45. The standard InChI is InChI=1S/C20H22N2O7/c1-12(2)18(21-19(23)13-5-7-14(27-3)8-6-13)20(24)29-17-10-9-15(28-4)11-16(17)22(25)26/h5-12,18H,1-4H3,(H,21,23). The van der Waals surface area contributed by atoms with Crippen molar-refractivity contribution in [2.24, 2.45) is 5.92 Å². The molecular formula is C20H22N2O7. The van der Waals surface area contributed by atoms with Gasteiger partial charge in [0.25, 0.3) is 5.91 Å². The summed E-state index contributed by atoms with van der Waals surface area (Å²) in [6.07, 6.45) is 0. The van der Waals surface area contributed by atoms with Gasteiger partial charge in [0.05, 0.1) is 25.2 Å². The summed E-state index contributed by atoms with van der Waals surface area (Å²) in [5.74, 6) is -0.993. The van der Waals surface area contributed by atoms with Crippen molar-refractivity contribution in [3.8, 4) is 17.2 Å². The SMILES string of the molecule is COc1ccc(C(=O)NC(C(=O)Oc2ccc(OC)cc2[N+](=O)[O-])C(C)C)cc1. The van der Waals surface area contributed by atoms with Gasteiger partial charge in [0.2, 0.25) is 5.75 Å². The fourth-order valence-electron chi connectivity index (χ4n) is 2.49. The summed E-state index contributed by atoms with van der Waals surface area (Å²) in [6, 6.07) is 9.23. The molecule has 9 heteroatoms. The van der Waals surface area contributed by atoms with E-state index in [2.05, 4.69) is 5.32 Å². The molecule has 0 aliphatic carbocycles. The van der Waals surface area contributed by atoms with Crippen molar-refractivity contribution < 1.29 is 28.7 Å². The van der Waals surface area contributed by atoms with Gasteiger partial charge in [-0.15, -0.1) is 0 Å². The Morgan fingerprint density at radius 2 is 1.59 bits per heavy atom. The molecule has 2 aromatic carbocycles. The molecule has 0 heterocycles. The van der Waals surface area contributed by atoms with Crippen LogP contribution in [-0.2, 0) is 4.79 Å². The van der Waals surface area contributed by atoms with E-state index in [0.717, 1.165) is 6.07 Å². The van der Waals surface area contributed by atoms with Crippen LogP contribution in [-0.4, -0.2) is 37.1 Å². The molecule has 0 bridgehead atoms. The molecule has 0 saturated carbocycles. The fourth-order valence-corrected chi connectivity index (χ4v) is 2.49. The van der Waals surface area contributed by atoms with Gasteiger partial charge in [-0.05, 0) is 42.3 Å². The Balaban J connectivity index is 2.19. The maximum atomic E-state index is 12.6. The van der Waals surface area contributed by atoms with Crippen LogP contribution < -0.4 is 19.5 Å². The lowest BCUT2D eigenvalue weighted by atomic mass is 10.0. The number of nitro benzene ring substituents is 1. The van der Waals surface area contributed by atoms with Crippen LogP contribution in [0.15, 0.2) is 42.5 Å². The van der Waals surface area contributed by atoms with E-state index < -0.39 is 28.5 Å². The highest BCUT2D eigenvalue weighted by atomic mass is 16.6. The molecule has 0 radical (unpaired) electrons. The number of ether oxygens (including phenoxy) is 3. The van der Waals surface area contributed by atoms with Crippen LogP contribution in [0.2, 0.25) is 0 Å². The number of nitro groups is 1. The summed E-state index contributed by atoms with van der Waals surface area (Å²) in [4.78, 5) is 35.7. The summed E-state index contributed by atoms with van der Waals surface area (Å²) < 4.78 is 15.2.